The van der Waals surface area contributed by atoms with E-state index in [2.05, 4.69) is 31.0 Å². The molecule has 0 radical (unpaired) electrons. The fourth-order valence-corrected chi connectivity index (χ4v) is 2.77. The molecule has 3 saturated heterocycles. The quantitative estimate of drug-likeness (QED) is 0.763. The van der Waals surface area contributed by atoms with Gasteiger partial charge in [-0.15, -0.1) is 0 Å². The molecule has 3 aliphatic rings. The van der Waals surface area contributed by atoms with Crippen molar-refractivity contribution in [2.75, 3.05) is 26.2 Å². The first kappa shape index (κ1) is 11.4. The van der Waals surface area contributed by atoms with E-state index in [-0.39, 0.29) is 0 Å². The Balaban J connectivity index is 1.75. The summed E-state index contributed by atoms with van der Waals surface area (Å²) in [6.07, 6.45) is 2.85. The first-order valence-electron chi connectivity index (χ1n) is 6.62. The number of nitrogens with one attached hydrogen (secondary N) is 1. The second kappa shape index (κ2) is 4.84. The molecule has 0 aromatic rings. The van der Waals surface area contributed by atoms with Crippen molar-refractivity contribution in [3.05, 3.63) is 0 Å². The number of rotatable bonds is 4. The third-order valence-electron chi connectivity index (χ3n) is 4.50. The molecule has 0 aromatic heterocycles. The lowest BCUT2D eigenvalue weighted by atomic mass is 9.83. The molecule has 1 N–H and O–H groups in total. The van der Waals surface area contributed by atoms with Crippen LogP contribution in [0, 0.1) is 17.8 Å². The standard InChI is InChI=1S/C13H26N2/c1-10(2)11(3)8-14-13-9-15-6-4-12(13)5-7-15/h10-14H,4-9H2,1-3H3. The molecular formula is C13H26N2. The van der Waals surface area contributed by atoms with Gasteiger partial charge in [0.1, 0.15) is 0 Å². The predicted octanol–water partition coefficient (Wildman–Crippen LogP) is 1.96. The zero-order valence-electron chi connectivity index (χ0n) is 10.5. The van der Waals surface area contributed by atoms with Crippen LogP contribution in [-0.2, 0) is 0 Å². The van der Waals surface area contributed by atoms with Crippen LogP contribution in [0.4, 0.5) is 0 Å². The van der Waals surface area contributed by atoms with E-state index in [0.717, 1.165) is 23.8 Å². The van der Waals surface area contributed by atoms with Crippen LogP contribution >= 0.6 is 0 Å². The highest BCUT2D eigenvalue weighted by Gasteiger charge is 2.33. The first-order chi connectivity index (χ1) is 7.16. The Kier molecular flexibility index (Phi) is 3.68. The predicted molar refractivity (Wildman–Crippen MR) is 65.0 cm³/mol. The average molecular weight is 210 g/mol. The van der Waals surface area contributed by atoms with E-state index in [0.29, 0.717) is 0 Å². The summed E-state index contributed by atoms with van der Waals surface area (Å²) in [4.78, 5) is 2.62. The van der Waals surface area contributed by atoms with E-state index in [1.807, 2.05) is 0 Å². The number of nitrogens with zero attached hydrogens (tertiary/aromatic N) is 1. The summed E-state index contributed by atoms with van der Waals surface area (Å²) in [5, 5.41) is 3.79. The van der Waals surface area contributed by atoms with Crippen LogP contribution in [0.2, 0.25) is 0 Å². The molecule has 0 spiro atoms. The summed E-state index contributed by atoms with van der Waals surface area (Å²) < 4.78 is 0. The summed E-state index contributed by atoms with van der Waals surface area (Å²) in [6.45, 7) is 12.2. The van der Waals surface area contributed by atoms with Crippen molar-refractivity contribution >= 4 is 0 Å². The fourth-order valence-electron chi connectivity index (χ4n) is 2.77. The lowest BCUT2D eigenvalue weighted by Gasteiger charge is -2.45. The molecule has 0 aliphatic carbocycles. The van der Waals surface area contributed by atoms with E-state index >= 15 is 0 Å². The molecule has 0 amide bonds. The van der Waals surface area contributed by atoms with Crippen molar-refractivity contribution in [2.24, 2.45) is 17.8 Å². The highest BCUT2D eigenvalue weighted by Crippen LogP contribution is 2.27. The second-order valence-corrected chi connectivity index (χ2v) is 5.87. The number of hydrogen-bond donors (Lipinski definition) is 1. The van der Waals surface area contributed by atoms with E-state index in [1.165, 1.54) is 39.0 Å². The molecule has 2 bridgehead atoms. The van der Waals surface area contributed by atoms with Gasteiger partial charge in [-0.3, -0.25) is 0 Å². The van der Waals surface area contributed by atoms with Crippen LogP contribution in [0.15, 0.2) is 0 Å². The maximum Gasteiger partial charge on any atom is 0.0224 e. The number of piperidine rings is 3. The van der Waals surface area contributed by atoms with Crippen LogP contribution in [0.5, 0.6) is 0 Å². The van der Waals surface area contributed by atoms with Crippen molar-refractivity contribution in [1.29, 1.82) is 0 Å². The molecule has 3 fully saturated rings. The molecular weight excluding hydrogens is 184 g/mol. The van der Waals surface area contributed by atoms with Crippen molar-refractivity contribution in [3.63, 3.8) is 0 Å². The minimum absolute atomic E-state index is 0.786. The monoisotopic (exact) mass is 210 g/mol. The smallest absolute Gasteiger partial charge is 0.0224 e. The minimum atomic E-state index is 0.786. The summed E-state index contributed by atoms with van der Waals surface area (Å²) in [7, 11) is 0. The molecule has 3 rings (SSSR count). The molecule has 15 heavy (non-hydrogen) atoms. The first-order valence-corrected chi connectivity index (χ1v) is 6.62. The third kappa shape index (κ3) is 2.73. The molecule has 3 heterocycles. The van der Waals surface area contributed by atoms with Gasteiger partial charge in [-0.2, -0.15) is 0 Å². The lowest BCUT2D eigenvalue weighted by molar-refractivity contribution is 0.0701. The van der Waals surface area contributed by atoms with Gasteiger partial charge in [-0.05, 0) is 50.2 Å². The maximum atomic E-state index is 3.79. The van der Waals surface area contributed by atoms with E-state index in [9.17, 15) is 0 Å². The summed E-state index contributed by atoms with van der Waals surface area (Å²) in [6, 6.07) is 0.786. The third-order valence-corrected chi connectivity index (χ3v) is 4.50. The van der Waals surface area contributed by atoms with Gasteiger partial charge < -0.3 is 10.2 Å². The van der Waals surface area contributed by atoms with Gasteiger partial charge in [-0.25, -0.2) is 0 Å². The van der Waals surface area contributed by atoms with E-state index in [1.54, 1.807) is 0 Å². The lowest BCUT2D eigenvalue weighted by Crippen LogP contribution is -2.56. The van der Waals surface area contributed by atoms with Crippen molar-refractivity contribution in [3.8, 4) is 0 Å². The van der Waals surface area contributed by atoms with Crippen LogP contribution in [0.1, 0.15) is 33.6 Å². The van der Waals surface area contributed by atoms with Crippen LogP contribution < -0.4 is 5.32 Å². The topological polar surface area (TPSA) is 15.3 Å². The SMILES string of the molecule is CC(C)C(C)CNC1CN2CCC1CC2. The van der Waals surface area contributed by atoms with E-state index < -0.39 is 0 Å². The van der Waals surface area contributed by atoms with E-state index in [4.69, 9.17) is 0 Å². The normalized spacial score (nSPS) is 37.2. The van der Waals surface area contributed by atoms with Gasteiger partial charge in [0.25, 0.3) is 0 Å². The highest BCUT2D eigenvalue weighted by molar-refractivity contribution is 4.91. The second-order valence-electron chi connectivity index (χ2n) is 5.87. The number of fused-ring (bicyclic) bond motifs is 3. The Bertz CT molecular complexity index is 195. The van der Waals surface area contributed by atoms with Crippen LogP contribution in [-0.4, -0.2) is 37.1 Å². The van der Waals surface area contributed by atoms with Crippen LogP contribution in [0.25, 0.3) is 0 Å². The molecule has 2 unspecified atom stereocenters. The Hall–Kier alpha value is -0.0800. The maximum absolute atomic E-state index is 3.79. The zero-order valence-corrected chi connectivity index (χ0v) is 10.5. The van der Waals surface area contributed by atoms with Gasteiger partial charge in [-0.1, -0.05) is 20.8 Å². The summed E-state index contributed by atoms with van der Waals surface area (Å²) in [5.74, 6) is 2.58. The molecule has 3 aliphatic heterocycles. The number of hydrogen-bond acceptors (Lipinski definition) is 2. The molecule has 0 aromatic carbocycles. The van der Waals surface area contributed by atoms with Gasteiger partial charge in [0, 0.05) is 12.6 Å². The molecule has 88 valence electrons. The Labute approximate surface area is 94.4 Å². The van der Waals surface area contributed by atoms with Gasteiger partial charge >= 0.3 is 0 Å². The van der Waals surface area contributed by atoms with Crippen molar-refractivity contribution in [1.82, 2.24) is 10.2 Å². The Morgan fingerprint density at radius 1 is 1.20 bits per heavy atom. The zero-order chi connectivity index (χ0) is 10.8. The minimum Gasteiger partial charge on any atom is -0.312 e. The van der Waals surface area contributed by atoms with Gasteiger partial charge in [0.15, 0.2) is 0 Å². The molecule has 2 atom stereocenters. The molecule has 0 saturated carbocycles. The summed E-state index contributed by atoms with van der Waals surface area (Å²) >= 11 is 0. The van der Waals surface area contributed by atoms with Gasteiger partial charge in [0.2, 0.25) is 0 Å². The van der Waals surface area contributed by atoms with Crippen molar-refractivity contribution in [2.45, 2.75) is 39.7 Å². The summed E-state index contributed by atoms with van der Waals surface area (Å²) in [5.41, 5.74) is 0. The Morgan fingerprint density at radius 2 is 1.87 bits per heavy atom. The average Bonchev–Trinajstić information content (AvgIpc) is 2.27. The largest absolute Gasteiger partial charge is 0.312 e. The highest BCUT2D eigenvalue weighted by atomic mass is 15.2. The Morgan fingerprint density at radius 3 is 2.33 bits per heavy atom. The molecule has 2 nitrogen and oxygen atoms in total. The van der Waals surface area contributed by atoms with Crippen molar-refractivity contribution < 1.29 is 0 Å². The van der Waals surface area contributed by atoms with Crippen LogP contribution in [0.3, 0.4) is 0 Å². The molecule has 2 heteroatoms. The van der Waals surface area contributed by atoms with Gasteiger partial charge in [0.05, 0.1) is 0 Å². The fraction of sp³-hybridized carbons (Fsp3) is 1.00.